The van der Waals surface area contributed by atoms with Crippen LogP contribution in [0.5, 0.6) is 0 Å². The second-order valence-corrected chi connectivity index (χ2v) is 3.70. The molecule has 0 fully saturated rings. The zero-order valence-corrected chi connectivity index (χ0v) is 9.95. The Balaban J connectivity index is 3.02. The van der Waals surface area contributed by atoms with Crippen LogP contribution < -0.4 is 11.1 Å². The molecule has 0 aliphatic carbocycles. The summed E-state index contributed by atoms with van der Waals surface area (Å²) < 4.78 is 39.4. The van der Waals surface area contributed by atoms with Crippen molar-refractivity contribution in [2.24, 2.45) is 10.9 Å². The summed E-state index contributed by atoms with van der Waals surface area (Å²) >= 11 is 0. The minimum Gasteiger partial charge on any atom is -0.409 e. The van der Waals surface area contributed by atoms with Gasteiger partial charge >= 0.3 is 0 Å². The maximum absolute atomic E-state index is 13.3. The van der Waals surface area contributed by atoms with Gasteiger partial charge in [0.25, 0.3) is 5.91 Å². The van der Waals surface area contributed by atoms with Gasteiger partial charge in [-0.3, -0.25) is 4.79 Å². The first kappa shape index (κ1) is 14.8. The van der Waals surface area contributed by atoms with Gasteiger partial charge in [-0.25, -0.2) is 13.2 Å². The Hall–Kier alpha value is -2.25. The Morgan fingerprint density at radius 3 is 2.37 bits per heavy atom. The van der Waals surface area contributed by atoms with Crippen LogP contribution in [0.3, 0.4) is 0 Å². The maximum Gasteiger partial charge on any atom is 0.257 e. The van der Waals surface area contributed by atoms with E-state index < -0.39 is 35.0 Å². The molecule has 4 N–H and O–H groups in total. The molecule has 1 unspecified atom stereocenters. The molecule has 1 aromatic rings. The molecule has 0 bridgehead atoms. The van der Waals surface area contributed by atoms with Crippen molar-refractivity contribution in [2.45, 2.75) is 19.4 Å². The number of carbonyl (C=O) groups excluding carboxylic acids is 1. The second-order valence-electron chi connectivity index (χ2n) is 3.70. The van der Waals surface area contributed by atoms with Crippen LogP contribution in [0.4, 0.5) is 13.2 Å². The number of nitrogens with zero attached hydrogens (tertiary/aromatic N) is 1. The number of hydrogen-bond acceptors (Lipinski definition) is 3. The molecule has 0 spiro atoms. The first-order chi connectivity index (χ1) is 8.90. The number of nitrogens with two attached hydrogens (primary N) is 1. The van der Waals surface area contributed by atoms with Gasteiger partial charge in [0.1, 0.15) is 23.0 Å². The molecule has 0 aromatic heterocycles. The molecule has 8 heteroatoms. The largest absolute Gasteiger partial charge is 0.409 e. The van der Waals surface area contributed by atoms with Crippen LogP contribution in [0.2, 0.25) is 0 Å². The van der Waals surface area contributed by atoms with E-state index in [4.69, 9.17) is 10.9 Å². The fraction of sp³-hybridized carbons (Fsp3) is 0.273. The van der Waals surface area contributed by atoms with Crippen molar-refractivity contribution in [3.05, 3.63) is 35.1 Å². The van der Waals surface area contributed by atoms with Gasteiger partial charge in [-0.05, 0) is 6.42 Å². The lowest BCUT2D eigenvalue weighted by Gasteiger charge is -2.15. The van der Waals surface area contributed by atoms with E-state index in [1.54, 1.807) is 6.92 Å². The molecule has 1 rings (SSSR count). The highest BCUT2D eigenvalue weighted by Gasteiger charge is 2.22. The zero-order valence-electron chi connectivity index (χ0n) is 9.95. The van der Waals surface area contributed by atoms with E-state index in [9.17, 15) is 18.0 Å². The molecule has 5 nitrogen and oxygen atoms in total. The lowest BCUT2D eigenvalue weighted by molar-refractivity contribution is 0.0937. The molecule has 1 amide bonds. The summed E-state index contributed by atoms with van der Waals surface area (Å²) in [4.78, 5) is 11.7. The van der Waals surface area contributed by atoms with Crippen molar-refractivity contribution in [3.8, 4) is 0 Å². The van der Waals surface area contributed by atoms with Gasteiger partial charge in [-0.15, -0.1) is 0 Å². The summed E-state index contributed by atoms with van der Waals surface area (Å²) in [5.41, 5.74) is 4.37. The zero-order chi connectivity index (χ0) is 14.6. The molecule has 0 aliphatic heterocycles. The summed E-state index contributed by atoms with van der Waals surface area (Å²) in [5.74, 6) is -5.21. The van der Waals surface area contributed by atoms with E-state index in [0.29, 0.717) is 12.1 Å². The third-order valence-electron chi connectivity index (χ3n) is 2.42. The Labute approximate surface area is 106 Å². The fourth-order valence-corrected chi connectivity index (χ4v) is 1.44. The number of amides is 1. The molecule has 0 aliphatic rings. The number of amidine groups is 1. The third-order valence-corrected chi connectivity index (χ3v) is 2.42. The predicted molar refractivity (Wildman–Crippen MR) is 61.3 cm³/mol. The predicted octanol–water partition coefficient (Wildman–Crippen LogP) is 1.36. The fourth-order valence-electron chi connectivity index (χ4n) is 1.44. The van der Waals surface area contributed by atoms with Crippen LogP contribution in [0.15, 0.2) is 17.3 Å². The molecule has 1 aromatic carbocycles. The molecule has 0 radical (unpaired) electrons. The number of hydrogen-bond donors (Lipinski definition) is 3. The van der Waals surface area contributed by atoms with Crippen molar-refractivity contribution in [2.75, 3.05) is 0 Å². The molecular weight excluding hydrogens is 263 g/mol. The van der Waals surface area contributed by atoms with Crippen LogP contribution in [0, 0.1) is 17.5 Å². The number of nitrogens with one attached hydrogen (secondary N) is 1. The smallest absolute Gasteiger partial charge is 0.257 e. The van der Waals surface area contributed by atoms with Crippen LogP contribution in [0.25, 0.3) is 0 Å². The molecular formula is C11H12F3N3O2. The molecule has 19 heavy (non-hydrogen) atoms. The normalized spacial score (nSPS) is 13.2. The van der Waals surface area contributed by atoms with E-state index in [2.05, 4.69) is 10.5 Å². The van der Waals surface area contributed by atoms with E-state index in [1.165, 1.54) is 0 Å². The molecule has 0 saturated heterocycles. The van der Waals surface area contributed by atoms with E-state index in [0.717, 1.165) is 0 Å². The maximum atomic E-state index is 13.3. The Bertz CT molecular complexity index is 497. The third kappa shape index (κ3) is 3.36. The molecule has 1 atom stereocenters. The molecule has 104 valence electrons. The SMILES string of the molecule is CCC(NC(=O)c1c(F)cc(F)cc1F)C(N)=NO. The van der Waals surface area contributed by atoms with Crippen LogP contribution in [-0.4, -0.2) is 23.0 Å². The van der Waals surface area contributed by atoms with Gasteiger partial charge in [-0.1, -0.05) is 12.1 Å². The van der Waals surface area contributed by atoms with Gasteiger partial charge in [0.15, 0.2) is 5.84 Å². The lowest BCUT2D eigenvalue weighted by atomic mass is 10.1. The lowest BCUT2D eigenvalue weighted by Crippen LogP contribution is -2.44. The van der Waals surface area contributed by atoms with Crippen molar-refractivity contribution in [1.82, 2.24) is 5.32 Å². The first-order valence-corrected chi connectivity index (χ1v) is 5.33. The quantitative estimate of drug-likeness (QED) is 0.335. The minimum atomic E-state index is -1.33. The van der Waals surface area contributed by atoms with Crippen LogP contribution in [-0.2, 0) is 0 Å². The first-order valence-electron chi connectivity index (χ1n) is 5.33. The van der Waals surface area contributed by atoms with Crippen LogP contribution >= 0.6 is 0 Å². The van der Waals surface area contributed by atoms with E-state index in [-0.39, 0.29) is 12.3 Å². The highest BCUT2D eigenvalue weighted by Crippen LogP contribution is 2.15. The summed E-state index contributed by atoms with van der Waals surface area (Å²) in [6.45, 7) is 1.61. The standard InChI is InChI=1S/C11H12F3N3O2/c1-2-8(10(15)17-19)16-11(18)9-6(13)3-5(12)4-7(9)14/h3-4,8,19H,2H2,1H3,(H2,15,17)(H,16,18). The van der Waals surface area contributed by atoms with Gasteiger partial charge < -0.3 is 16.3 Å². The number of halogens is 3. The topological polar surface area (TPSA) is 87.7 Å². The average Bonchev–Trinajstić information content (AvgIpc) is 2.33. The van der Waals surface area contributed by atoms with Crippen molar-refractivity contribution >= 4 is 11.7 Å². The summed E-state index contributed by atoms with van der Waals surface area (Å²) in [6, 6.07) is -0.105. The van der Waals surface area contributed by atoms with Gasteiger partial charge in [0.2, 0.25) is 0 Å². The number of oxime groups is 1. The average molecular weight is 275 g/mol. The summed E-state index contributed by atoms with van der Waals surface area (Å²) in [6.07, 6.45) is 0.242. The van der Waals surface area contributed by atoms with Gasteiger partial charge in [0.05, 0.1) is 6.04 Å². The van der Waals surface area contributed by atoms with Crippen molar-refractivity contribution < 1.29 is 23.2 Å². The monoisotopic (exact) mass is 275 g/mol. The number of carbonyl (C=O) groups is 1. The van der Waals surface area contributed by atoms with Crippen molar-refractivity contribution in [1.29, 1.82) is 0 Å². The Morgan fingerprint density at radius 2 is 1.95 bits per heavy atom. The Kier molecular flexibility index (Phi) is 4.74. The minimum absolute atomic E-state index is 0.242. The van der Waals surface area contributed by atoms with E-state index >= 15 is 0 Å². The highest BCUT2D eigenvalue weighted by molar-refractivity contribution is 5.98. The summed E-state index contributed by atoms with van der Waals surface area (Å²) in [7, 11) is 0. The van der Waals surface area contributed by atoms with Gasteiger partial charge in [-0.2, -0.15) is 0 Å². The van der Waals surface area contributed by atoms with Crippen molar-refractivity contribution in [3.63, 3.8) is 0 Å². The molecule has 0 saturated carbocycles. The molecule has 0 heterocycles. The van der Waals surface area contributed by atoms with Gasteiger partial charge in [0, 0.05) is 12.1 Å². The highest BCUT2D eigenvalue weighted by atomic mass is 19.1. The number of rotatable bonds is 4. The Morgan fingerprint density at radius 1 is 1.42 bits per heavy atom. The van der Waals surface area contributed by atoms with E-state index in [1.807, 2.05) is 0 Å². The second kappa shape index (κ2) is 6.07. The number of benzene rings is 1. The van der Waals surface area contributed by atoms with Crippen LogP contribution in [0.1, 0.15) is 23.7 Å². The summed E-state index contributed by atoms with van der Waals surface area (Å²) in [5, 5.41) is 13.4.